The molecule has 1 fully saturated rings. The van der Waals surface area contributed by atoms with Crippen LogP contribution in [0, 0.1) is 0 Å². The number of halogens is 2. The second-order valence-electron chi connectivity index (χ2n) is 4.45. The minimum atomic E-state index is -2.83. The lowest BCUT2D eigenvalue weighted by Gasteiger charge is -2.33. The first-order valence-corrected chi connectivity index (χ1v) is 5.65. The first-order chi connectivity index (χ1) is 7.99. The number of quaternary nitrogens is 1. The standard InChI is InChI=1S/C12H15F2NO2/c13-12(14)7-1-2-10(15)11(12)17-9-5-3-8(16)4-6-9/h3-6,10-11,16H,1-2,7,15H2/p+1/t10?,11-/m0/s1. The van der Waals surface area contributed by atoms with E-state index in [1.165, 1.54) is 24.3 Å². The Morgan fingerprint density at radius 1 is 1.29 bits per heavy atom. The molecule has 0 aliphatic heterocycles. The Bertz CT molecular complexity index is 381. The summed E-state index contributed by atoms with van der Waals surface area (Å²) in [6.45, 7) is 0. The number of phenolic OH excluding ortho intramolecular Hbond substituents is 1. The van der Waals surface area contributed by atoms with Gasteiger partial charge in [0.05, 0.1) is 0 Å². The van der Waals surface area contributed by atoms with Gasteiger partial charge in [0.1, 0.15) is 17.5 Å². The minimum absolute atomic E-state index is 0.0823. The van der Waals surface area contributed by atoms with E-state index in [0.29, 0.717) is 18.6 Å². The average molecular weight is 244 g/mol. The number of phenols is 1. The molecule has 1 aromatic rings. The SMILES string of the molecule is [NH3+]C1CCCC(F)(F)[C@H]1Oc1ccc(O)cc1. The Balaban J connectivity index is 2.12. The zero-order chi connectivity index (χ0) is 12.5. The van der Waals surface area contributed by atoms with Crippen molar-refractivity contribution in [3.05, 3.63) is 24.3 Å². The molecule has 1 saturated carbocycles. The summed E-state index contributed by atoms with van der Waals surface area (Å²) in [7, 11) is 0. The van der Waals surface area contributed by atoms with E-state index in [2.05, 4.69) is 5.73 Å². The van der Waals surface area contributed by atoms with Gasteiger partial charge in [-0.15, -0.1) is 0 Å². The van der Waals surface area contributed by atoms with Gasteiger partial charge >= 0.3 is 0 Å². The molecule has 1 aliphatic carbocycles. The first-order valence-electron chi connectivity index (χ1n) is 5.65. The van der Waals surface area contributed by atoms with E-state index in [0.717, 1.165) is 0 Å². The molecular formula is C12H16F2NO2+. The van der Waals surface area contributed by atoms with Gasteiger partial charge in [-0.3, -0.25) is 0 Å². The normalized spacial score (nSPS) is 27.7. The molecule has 5 heteroatoms. The number of hydrogen-bond acceptors (Lipinski definition) is 2. The number of benzene rings is 1. The number of aromatic hydroxyl groups is 1. The summed E-state index contributed by atoms with van der Waals surface area (Å²) in [5, 5.41) is 9.10. The van der Waals surface area contributed by atoms with Gasteiger partial charge in [0.2, 0.25) is 6.10 Å². The lowest BCUT2D eigenvalue weighted by Crippen LogP contribution is -2.72. The maximum Gasteiger partial charge on any atom is 0.290 e. The fraction of sp³-hybridized carbons (Fsp3) is 0.500. The molecule has 3 nitrogen and oxygen atoms in total. The van der Waals surface area contributed by atoms with Gasteiger partial charge in [-0.05, 0) is 30.7 Å². The maximum atomic E-state index is 13.7. The van der Waals surface area contributed by atoms with E-state index in [1.54, 1.807) is 0 Å². The van der Waals surface area contributed by atoms with Crippen molar-refractivity contribution in [2.75, 3.05) is 0 Å². The monoisotopic (exact) mass is 244 g/mol. The van der Waals surface area contributed by atoms with Crippen molar-refractivity contribution in [1.29, 1.82) is 0 Å². The molecule has 1 aromatic carbocycles. The lowest BCUT2D eigenvalue weighted by atomic mass is 9.89. The summed E-state index contributed by atoms with van der Waals surface area (Å²) in [6, 6.07) is 5.37. The van der Waals surface area contributed by atoms with Crippen LogP contribution in [0.5, 0.6) is 11.5 Å². The zero-order valence-electron chi connectivity index (χ0n) is 9.40. The summed E-state index contributed by atoms with van der Waals surface area (Å²) < 4.78 is 32.7. The van der Waals surface area contributed by atoms with Gasteiger partial charge < -0.3 is 15.6 Å². The maximum absolute atomic E-state index is 13.7. The van der Waals surface area contributed by atoms with Crippen molar-refractivity contribution in [3.63, 3.8) is 0 Å². The largest absolute Gasteiger partial charge is 0.508 e. The molecule has 0 bridgehead atoms. The smallest absolute Gasteiger partial charge is 0.290 e. The molecule has 0 amide bonds. The van der Waals surface area contributed by atoms with Crippen molar-refractivity contribution in [2.45, 2.75) is 37.3 Å². The molecule has 2 rings (SSSR count). The summed E-state index contributed by atoms with van der Waals surface area (Å²) >= 11 is 0. The van der Waals surface area contributed by atoms with Crippen LogP contribution in [-0.2, 0) is 0 Å². The summed E-state index contributed by atoms with van der Waals surface area (Å²) in [5.41, 5.74) is 3.73. The molecule has 1 aliphatic rings. The molecule has 4 N–H and O–H groups in total. The highest BCUT2D eigenvalue weighted by Gasteiger charge is 2.49. The Labute approximate surface area is 98.2 Å². The van der Waals surface area contributed by atoms with Gasteiger partial charge in [0, 0.05) is 12.8 Å². The summed E-state index contributed by atoms with van der Waals surface area (Å²) in [6.07, 6.45) is -0.197. The van der Waals surface area contributed by atoms with Crippen LogP contribution in [0.3, 0.4) is 0 Å². The first kappa shape index (κ1) is 12.1. The van der Waals surface area contributed by atoms with Crippen LogP contribution in [0.25, 0.3) is 0 Å². The van der Waals surface area contributed by atoms with Gasteiger partial charge in [0.15, 0.2) is 0 Å². The second-order valence-corrected chi connectivity index (χ2v) is 4.45. The summed E-state index contributed by atoms with van der Waals surface area (Å²) in [4.78, 5) is 0. The van der Waals surface area contributed by atoms with Crippen LogP contribution >= 0.6 is 0 Å². The van der Waals surface area contributed by atoms with Crippen molar-refractivity contribution < 1.29 is 24.4 Å². The average Bonchev–Trinajstić information content (AvgIpc) is 2.26. The van der Waals surface area contributed by atoms with E-state index in [4.69, 9.17) is 9.84 Å². The van der Waals surface area contributed by atoms with Crippen molar-refractivity contribution in [1.82, 2.24) is 0 Å². The lowest BCUT2D eigenvalue weighted by molar-refractivity contribution is -0.453. The second kappa shape index (κ2) is 4.49. The van der Waals surface area contributed by atoms with E-state index in [9.17, 15) is 8.78 Å². The molecule has 0 aromatic heterocycles. The third kappa shape index (κ3) is 2.66. The van der Waals surface area contributed by atoms with Gasteiger partial charge in [-0.1, -0.05) is 0 Å². The Morgan fingerprint density at radius 2 is 1.94 bits per heavy atom. The van der Waals surface area contributed by atoms with Crippen molar-refractivity contribution in [3.8, 4) is 11.5 Å². The Hall–Kier alpha value is -1.36. The molecule has 1 unspecified atom stereocenters. The fourth-order valence-corrected chi connectivity index (χ4v) is 2.09. The minimum Gasteiger partial charge on any atom is -0.508 e. The molecule has 0 spiro atoms. The number of alkyl halides is 2. The van der Waals surface area contributed by atoms with Crippen LogP contribution < -0.4 is 10.5 Å². The van der Waals surface area contributed by atoms with E-state index >= 15 is 0 Å². The molecule has 17 heavy (non-hydrogen) atoms. The Kier molecular flexibility index (Phi) is 3.19. The molecule has 0 saturated heterocycles. The van der Waals surface area contributed by atoms with Gasteiger partial charge in [-0.2, -0.15) is 0 Å². The van der Waals surface area contributed by atoms with Crippen LogP contribution in [0.2, 0.25) is 0 Å². The number of ether oxygens (including phenoxy) is 1. The number of hydrogen-bond donors (Lipinski definition) is 2. The third-order valence-electron chi connectivity index (χ3n) is 3.03. The van der Waals surface area contributed by atoms with Crippen molar-refractivity contribution >= 4 is 0 Å². The van der Waals surface area contributed by atoms with Crippen molar-refractivity contribution in [2.24, 2.45) is 0 Å². The highest BCUT2D eigenvalue weighted by molar-refractivity contribution is 5.30. The quantitative estimate of drug-likeness (QED) is 0.829. The van der Waals surface area contributed by atoms with E-state index in [-0.39, 0.29) is 12.2 Å². The van der Waals surface area contributed by atoms with Crippen LogP contribution in [0.1, 0.15) is 19.3 Å². The van der Waals surface area contributed by atoms with E-state index < -0.39 is 18.1 Å². The molecule has 2 atom stereocenters. The third-order valence-corrected chi connectivity index (χ3v) is 3.03. The highest BCUT2D eigenvalue weighted by atomic mass is 19.3. The number of rotatable bonds is 2. The van der Waals surface area contributed by atoms with E-state index in [1.807, 2.05) is 0 Å². The molecular weight excluding hydrogens is 228 g/mol. The Morgan fingerprint density at radius 3 is 2.53 bits per heavy atom. The van der Waals surface area contributed by atoms with Crippen LogP contribution in [0.15, 0.2) is 24.3 Å². The molecule has 0 heterocycles. The topological polar surface area (TPSA) is 57.1 Å². The predicted molar refractivity (Wildman–Crippen MR) is 58.0 cm³/mol. The molecule has 94 valence electrons. The highest BCUT2D eigenvalue weighted by Crippen LogP contribution is 2.35. The zero-order valence-corrected chi connectivity index (χ0v) is 9.40. The van der Waals surface area contributed by atoms with Gasteiger partial charge in [0.25, 0.3) is 5.92 Å². The van der Waals surface area contributed by atoms with Crippen LogP contribution in [0.4, 0.5) is 8.78 Å². The van der Waals surface area contributed by atoms with Gasteiger partial charge in [-0.25, -0.2) is 8.78 Å². The van der Waals surface area contributed by atoms with Crippen LogP contribution in [-0.4, -0.2) is 23.2 Å². The fourth-order valence-electron chi connectivity index (χ4n) is 2.09. The predicted octanol–water partition coefficient (Wildman–Crippen LogP) is 1.57. The molecule has 0 radical (unpaired) electrons. The summed E-state index contributed by atoms with van der Waals surface area (Å²) in [5.74, 6) is -2.41.